The second kappa shape index (κ2) is 11.2. The van der Waals surface area contributed by atoms with Gasteiger partial charge in [-0.05, 0) is 31.0 Å². The molecule has 10 heteroatoms. The minimum Gasteiger partial charge on any atom is -0.503 e. The Balaban J connectivity index is 2.06. The van der Waals surface area contributed by atoms with E-state index in [9.17, 15) is 27.9 Å². The summed E-state index contributed by atoms with van der Waals surface area (Å²) in [6, 6.07) is 5.85. The third kappa shape index (κ3) is 6.85. The van der Waals surface area contributed by atoms with Gasteiger partial charge < -0.3 is 19.3 Å². The third-order valence-electron chi connectivity index (χ3n) is 5.12. The summed E-state index contributed by atoms with van der Waals surface area (Å²) in [6.07, 6.45) is -5.05. The number of ketones is 1. The van der Waals surface area contributed by atoms with Gasteiger partial charge in [0.2, 0.25) is 0 Å². The van der Waals surface area contributed by atoms with E-state index >= 15 is 0 Å². The predicted octanol–water partition coefficient (Wildman–Crippen LogP) is 5.06. The Morgan fingerprint density at radius 2 is 1.79 bits per heavy atom. The molecule has 0 aliphatic heterocycles. The molecule has 0 unspecified atom stereocenters. The van der Waals surface area contributed by atoms with E-state index < -0.39 is 47.4 Å². The molecule has 1 heterocycles. The number of carbonyl (C=O) groups is 2. The van der Waals surface area contributed by atoms with Crippen molar-refractivity contribution < 1.29 is 42.1 Å². The minimum absolute atomic E-state index is 0.000718. The van der Waals surface area contributed by atoms with Crippen LogP contribution in [0.25, 0.3) is 0 Å². The summed E-state index contributed by atoms with van der Waals surface area (Å²) in [4.78, 5) is 29.0. The molecule has 1 N–H and O–H groups in total. The number of rotatable bonds is 10. The molecule has 0 bridgehead atoms. The van der Waals surface area contributed by atoms with E-state index in [1.807, 2.05) is 0 Å². The van der Waals surface area contributed by atoms with Gasteiger partial charge in [0.25, 0.3) is 0 Å². The van der Waals surface area contributed by atoms with Crippen molar-refractivity contribution in [3.63, 3.8) is 0 Å². The normalized spacial score (nSPS) is 14.3. The number of hydrogen-bond acceptors (Lipinski definition) is 7. The Labute approximate surface area is 195 Å². The lowest BCUT2D eigenvalue weighted by atomic mass is 10.0. The monoisotopic (exact) mass is 483 g/mol. The lowest BCUT2D eigenvalue weighted by Gasteiger charge is -2.29. The van der Waals surface area contributed by atoms with E-state index in [0.29, 0.717) is 0 Å². The van der Waals surface area contributed by atoms with E-state index in [1.54, 1.807) is 20.8 Å². The minimum atomic E-state index is -4.52. The van der Waals surface area contributed by atoms with Gasteiger partial charge in [-0.25, -0.2) is 4.98 Å². The summed E-state index contributed by atoms with van der Waals surface area (Å²) >= 11 is 0. The molecule has 186 valence electrons. The number of halogens is 3. The second-order valence-corrected chi connectivity index (χ2v) is 8.23. The summed E-state index contributed by atoms with van der Waals surface area (Å²) in [5.74, 6) is -2.68. The number of carbonyl (C=O) groups excluding carboxylic acids is 2. The third-order valence-corrected chi connectivity index (χ3v) is 5.12. The van der Waals surface area contributed by atoms with Crippen molar-refractivity contribution in [3.8, 4) is 17.2 Å². The van der Waals surface area contributed by atoms with Crippen molar-refractivity contribution in [3.05, 3.63) is 47.8 Å². The Kier molecular flexibility index (Phi) is 8.89. The molecule has 0 saturated heterocycles. The first kappa shape index (κ1) is 26.9. The summed E-state index contributed by atoms with van der Waals surface area (Å²) in [7, 11) is 1.33. The lowest BCUT2D eigenvalue weighted by Crippen LogP contribution is -2.39. The van der Waals surface area contributed by atoms with Crippen molar-refractivity contribution in [1.29, 1.82) is 0 Å². The number of hydrogen-bond donors (Lipinski definition) is 1. The van der Waals surface area contributed by atoms with E-state index in [2.05, 4.69) is 4.98 Å². The topological polar surface area (TPSA) is 95.0 Å². The first-order valence-electron chi connectivity index (χ1n) is 10.6. The molecule has 0 spiro atoms. The fourth-order valence-electron chi connectivity index (χ4n) is 3.31. The van der Waals surface area contributed by atoms with Crippen LogP contribution in [0.2, 0.25) is 0 Å². The number of aromatic nitrogens is 1. The Morgan fingerprint density at radius 3 is 2.38 bits per heavy atom. The van der Waals surface area contributed by atoms with Gasteiger partial charge in [0.05, 0.1) is 18.6 Å². The maximum absolute atomic E-state index is 13.0. The Hall–Kier alpha value is -3.30. The van der Waals surface area contributed by atoms with E-state index in [0.717, 1.165) is 12.1 Å². The highest BCUT2D eigenvalue weighted by molar-refractivity contribution is 5.99. The van der Waals surface area contributed by atoms with Gasteiger partial charge >= 0.3 is 12.1 Å². The number of Topliss-reactive ketones (excluding diaryl/α,β-unsaturated/α-hetero) is 1. The fraction of sp³-hybridized carbons (Fsp3) is 0.458. The average molecular weight is 483 g/mol. The van der Waals surface area contributed by atoms with Crippen LogP contribution in [0, 0.1) is 11.8 Å². The lowest BCUT2D eigenvalue weighted by molar-refractivity contribution is -0.158. The van der Waals surface area contributed by atoms with Crippen molar-refractivity contribution in [2.75, 3.05) is 7.11 Å². The van der Waals surface area contributed by atoms with Crippen LogP contribution in [0.5, 0.6) is 17.2 Å². The maximum Gasteiger partial charge on any atom is 0.416 e. The largest absolute Gasteiger partial charge is 0.503 e. The zero-order chi connectivity index (χ0) is 25.6. The van der Waals surface area contributed by atoms with Crippen LogP contribution < -0.4 is 9.47 Å². The van der Waals surface area contributed by atoms with Crippen molar-refractivity contribution in [2.45, 2.75) is 52.5 Å². The van der Waals surface area contributed by atoms with E-state index in [4.69, 9.17) is 14.2 Å². The van der Waals surface area contributed by atoms with E-state index in [1.165, 1.54) is 38.4 Å². The van der Waals surface area contributed by atoms with Gasteiger partial charge in [-0.1, -0.05) is 26.8 Å². The highest BCUT2D eigenvalue weighted by atomic mass is 19.4. The number of nitrogens with zero attached hydrogens (tertiary/aromatic N) is 1. The Morgan fingerprint density at radius 1 is 1.12 bits per heavy atom. The second-order valence-electron chi connectivity index (χ2n) is 8.23. The molecule has 0 amide bonds. The number of pyridine rings is 1. The highest BCUT2D eigenvalue weighted by Crippen LogP contribution is 2.32. The number of alkyl halides is 3. The summed E-state index contributed by atoms with van der Waals surface area (Å²) in [5.41, 5.74) is -1.07. The molecule has 7 nitrogen and oxygen atoms in total. The highest BCUT2D eigenvalue weighted by Gasteiger charge is 2.32. The van der Waals surface area contributed by atoms with Crippen LogP contribution in [-0.2, 0) is 15.7 Å². The summed E-state index contributed by atoms with van der Waals surface area (Å²) in [6.45, 7) is 6.63. The smallest absolute Gasteiger partial charge is 0.416 e. The average Bonchev–Trinajstić information content (AvgIpc) is 2.76. The Bertz CT molecular complexity index is 1010. The number of methoxy groups -OCH3 is 1. The van der Waals surface area contributed by atoms with Gasteiger partial charge in [0.15, 0.2) is 23.0 Å². The van der Waals surface area contributed by atoms with Crippen LogP contribution in [0.1, 0.15) is 50.2 Å². The molecule has 0 radical (unpaired) electrons. The summed E-state index contributed by atoms with van der Waals surface area (Å²) in [5, 5.41) is 10.1. The maximum atomic E-state index is 13.0. The molecule has 0 fully saturated rings. The molecular formula is C24H28F3NO6. The van der Waals surface area contributed by atoms with Crippen molar-refractivity contribution in [1.82, 2.24) is 4.98 Å². The molecule has 1 aromatic carbocycles. The first-order chi connectivity index (χ1) is 15.8. The quantitative estimate of drug-likeness (QED) is 0.373. The van der Waals surface area contributed by atoms with Crippen LogP contribution in [0.3, 0.4) is 0 Å². The van der Waals surface area contributed by atoms with Crippen LogP contribution in [0.15, 0.2) is 36.5 Å². The zero-order valence-corrected chi connectivity index (χ0v) is 19.6. The van der Waals surface area contributed by atoms with Gasteiger partial charge in [0, 0.05) is 18.7 Å². The van der Waals surface area contributed by atoms with Crippen LogP contribution in [-0.4, -0.2) is 41.2 Å². The number of benzene rings is 1. The number of aromatic hydroxyl groups is 1. The van der Waals surface area contributed by atoms with Gasteiger partial charge in [-0.3, -0.25) is 9.59 Å². The van der Waals surface area contributed by atoms with Crippen molar-refractivity contribution >= 4 is 11.8 Å². The molecular weight excluding hydrogens is 455 g/mol. The standard InChI is InChI=1S/C24H28F3NO6/c1-13(2)22(34-17-8-6-7-16(12-17)24(25,26)27)15(4)33-23(31)14(3)11-18(29)20-21(30)19(32-5)9-10-28-20/h6-10,12-15,22,30H,11H2,1-5H3/t14-,15+,22+/m1/s1. The zero-order valence-electron chi connectivity index (χ0n) is 19.6. The molecule has 0 saturated carbocycles. The van der Waals surface area contributed by atoms with Crippen LogP contribution in [0.4, 0.5) is 13.2 Å². The molecule has 0 aliphatic rings. The molecule has 2 rings (SSSR count). The number of esters is 1. The number of ether oxygens (including phenoxy) is 3. The van der Waals surface area contributed by atoms with Crippen molar-refractivity contribution in [2.24, 2.45) is 11.8 Å². The SMILES string of the molecule is COc1ccnc(C(=O)C[C@@H](C)C(=O)O[C@@H](C)[C@@H](Oc2cccc(C(F)(F)F)c2)C(C)C)c1O. The molecule has 34 heavy (non-hydrogen) atoms. The molecule has 2 aromatic rings. The predicted molar refractivity (Wildman–Crippen MR) is 117 cm³/mol. The molecule has 1 aromatic heterocycles. The van der Waals surface area contributed by atoms with Gasteiger partial charge in [-0.15, -0.1) is 0 Å². The van der Waals surface area contributed by atoms with E-state index in [-0.39, 0.29) is 29.5 Å². The molecule has 3 atom stereocenters. The summed E-state index contributed by atoms with van der Waals surface area (Å²) < 4.78 is 55.2. The fourth-order valence-corrected chi connectivity index (χ4v) is 3.31. The van der Waals surface area contributed by atoms with Gasteiger partial charge in [-0.2, -0.15) is 13.2 Å². The van der Waals surface area contributed by atoms with Gasteiger partial charge in [0.1, 0.15) is 18.0 Å². The first-order valence-corrected chi connectivity index (χ1v) is 10.6. The van der Waals surface area contributed by atoms with Crippen LogP contribution >= 0.6 is 0 Å². The molecule has 0 aliphatic carbocycles.